The molecule has 0 aromatic heterocycles. The average molecular weight is 375 g/mol. The second-order valence-corrected chi connectivity index (χ2v) is 6.79. The molecule has 0 unspecified atom stereocenters. The Morgan fingerprint density at radius 3 is 2.42 bits per heavy atom. The molecule has 0 atom stereocenters. The van der Waals surface area contributed by atoms with Gasteiger partial charge in [0.15, 0.2) is 6.61 Å². The van der Waals surface area contributed by atoms with E-state index in [4.69, 9.17) is 16.3 Å². The van der Waals surface area contributed by atoms with Crippen LogP contribution < -0.4 is 15.4 Å². The number of carbonyl (C=O) groups is 2. The first-order valence-electron chi connectivity index (χ1n) is 8.36. The van der Waals surface area contributed by atoms with E-state index in [0.29, 0.717) is 28.1 Å². The summed E-state index contributed by atoms with van der Waals surface area (Å²) in [7, 11) is 0. The van der Waals surface area contributed by atoms with Gasteiger partial charge in [-0.15, -0.1) is 0 Å². The van der Waals surface area contributed by atoms with Gasteiger partial charge in [0.1, 0.15) is 5.75 Å². The molecule has 0 heterocycles. The summed E-state index contributed by atoms with van der Waals surface area (Å²) in [5.41, 5.74) is 3.42. The number of benzene rings is 2. The summed E-state index contributed by atoms with van der Waals surface area (Å²) >= 11 is 6.09. The lowest BCUT2D eigenvalue weighted by atomic mass is 9.98. The van der Waals surface area contributed by atoms with Crippen molar-refractivity contribution in [2.75, 3.05) is 17.2 Å². The second kappa shape index (κ2) is 8.72. The van der Waals surface area contributed by atoms with Crippen LogP contribution in [-0.2, 0) is 9.59 Å². The Hall–Kier alpha value is -2.53. The van der Waals surface area contributed by atoms with Gasteiger partial charge in [0, 0.05) is 12.6 Å². The molecule has 2 amide bonds. The normalized spacial score (nSPS) is 10.5. The molecular formula is C20H23ClN2O3. The highest BCUT2D eigenvalue weighted by molar-refractivity contribution is 6.34. The Kier molecular flexibility index (Phi) is 6.64. The lowest BCUT2D eigenvalue weighted by molar-refractivity contribution is -0.118. The quantitative estimate of drug-likeness (QED) is 0.766. The van der Waals surface area contributed by atoms with Gasteiger partial charge < -0.3 is 15.4 Å². The summed E-state index contributed by atoms with van der Waals surface area (Å²) in [6, 6.07) is 10.7. The lowest BCUT2D eigenvalue weighted by Crippen LogP contribution is -2.20. The number of ether oxygens (including phenoxy) is 1. The molecule has 0 saturated heterocycles. The summed E-state index contributed by atoms with van der Waals surface area (Å²) in [5.74, 6) is 0.591. The maximum absolute atomic E-state index is 12.1. The number of carbonyl (C=O) groups excluding carboxylic acids is 2. The number of rotatable bonds is 6. The summed E-state index contributed by atoms with van der Waals surface area (Å²) in [6.07, 6.45) is 0. The number of anilines is 2. The number of aryl methyl sites for hydroxylation is 1. The van der Waals surface area contributed by atoms with E-state index in [1.165, 1.54) is 12.5 Å². The number of nitrogens with one attached hydrogen (secondary N) is 2. The molecular weight excluding hydrogens is 352 g/mol. The van der Waals surface area contributed by atoms with Crippen molar-refractivity contribution in [3.63, 3.8) is 0 Å². The molecule has 2 rings (SSSR count). The number of halogens is 1. The summed E-state index contributed by atoms with van der Waals surface area (Å²) in [6.45, 7) is 7.60. The molecule has 0 saturated carbocycles. The third-order valence-corrected chi connectivity index (χ3v) is 4.11. The predicted molar refractivity (Wildman–Crippen MR) is 105 cm³/mol. The fourth-order valence-corrected chi connectivity index (χ4v) is 2.84. The molecule has 0 spiro atoms. The zero-order valence-electron chi connectivity index (χ0n) is 15.4. The van der Waals surface area contributed by atoms with E-state index in [-0.39, 0.29) is 18.4 Å². The van der Waals surface area contributed by atoms with Crippen LogP contribution in [0.5, 0.6) is 5.75 Å². The van der Waals surface area contributed by atoms with Crippen LogP contribution in [0.15, 0.2) is 36.4 Å². The Labute approximate surface area is 158 Å². The molecule has 0 radical (unpaired) electrons. The first-order chi connectivity index (χ1) is 12.3. The van der Waals surface area contributed by atoms with Crippen molar-refractivity contribution >= 4 is 34.8 Å². The first kappa shape index (κ1) is 19.8. The van der Waals surface area contributed by atoms with Gasteiger partial charge >= 0.3 is 0 Å². The van der Waals surface area contributed by atoms with E-state index in [1.54, 1.807) is 18.2 Å². The van der Waals surface area contributed by atoms with E-state index in [2.05, 4.69) is 24.5 Å². The molecule has 2 aromatic rings. The maximum Gasteiger partial charge on any atom is 0.262 e. The zero-order chi connectivity index (χ0) is 19.3. The molecule has 2 N–H and O–H groups in total. The molecule has 0 aliphatic rings. The van der Waals surface area contributed by atoms with Crippen molar-refractivity contribution in [2.24, 2.45) is 0 Å². The minimum atomic E-state index is -0.293. The molecule has 0 fully saturated rings. The van der Waals surface area contributed by atoms with Crippen LogP contribution in [0.3, 0.4) is 0 Å². The van der Waals surface area contributed by atoms with Crippen molar-refractivity contribution in [1.82, 2.24) is 0 Å². The molecule has 6 heteroatoms. The van der Waals surface area contributed by atoms with Gasteiger partial charge in [-0.1, -0.05) is 31.5 Å². The predicted octanol–water partition coefficient (Wildman–Crippen LogP) is 4.75. The van der Waals surface area contributed by atoms with Crippen LogP contribution in [0.1, 0.15) is 37.8 Å². The Morgan fingerprint density at radius 2 is 1.85 bits per heavy atom. The number of hydrogen-bond acceptors (Lipinski definition) is 3. The highest BCUT2D eigenvalue weighted by Crippen LogP contribution is 2.26. The Bertz CT molecular complexity index is 819. The first-order valence-corrected chi connectivity index (χ1v) is 8.74. The van der Waals surface area contributed by atoms with Crippen molar-refractivity contribution < 1.29 is 14.3 Å². The zero-order valence-corrected chi connectivity index (χ0v) is 16.1. The second-order valence-electron chi connectivity index (χ2n) is 6.39. The molecule has 5 nitrogen and oxygen atoms in total. The summed E-state index contributed by atoms with van der Waals surface area (Å²) in [4.78, 5) is 23.1. The topological polar surface area (TPSA) is 67.4 Å². The summed E-state index contributed by atoms with van der Waals surface area (Å²) < 4.78 is 5.56. The molecule has 138 valence electrons. The van der Waals surface area contributed by atoms with E-state index in [0.717, 1.165) is 5.56 Å². The van der Waals surface area contributed by atoms with Crippen molar-refractivity contribution in [1.29, 1.82) is 0 Å². The van der Waals surface area contributed by atoms with Crippen molar-refractivity contribution in [3.8, 4) is 5.75 Å². The van der Waals surface area contributed by atoms with Crippen molar-refractivity contribution in [2.45, 2.75) is 33.6 Å². The smallest absolute Gasteiger partial charge is 0.262 e. The standard InChI is InChI=1S/C20H23ClN2O3/c1-12(2)17-7-6-16(9-13(17)3)26-11-20(25)23-15-5-8-19(18(21)10-15)22-14(4)24/h5-10,12H,11H2,1-4H3,(H,22,24)(H,23,25). The van der Waals surface area contributed by atoms with E-state index < -0.39 is 0 Å². The third-order valence-electron chi connectivity index (χ3n) is 3.80. The number of hydrogen-bond donors (Lipinski definition) is 2. The van der Waals surface area contributed by atoms with Crippen LogP contribution in [0.25, 0.3) is 0 Å². The minimum absolute atomic E-state index is 0.106. The molecule has 2 aromatic carbocycles. The maximum atomic E-state index is 12.1. The van der Waals surface area contributed by atoms with Crippen LogP contribution in [0.4, 0.5) is 11.4 Å². The van der Waals surface area contributed by atoms with Gasteiger partial charge in [-0.3, -0.25) is 9.59 Å². The molecule has 0 aliphatic heterocycles. The van der Waals surface area contributed by atoms with Crippen LogP contribution in [0.2, 0.25) is 5.02 Å². The fourth-order valence-electron chi connectivity index (χ4n) is 2.62. The monoisotopic (exact) mass is 374 g/mol. The Morgan fingerprint density at radius 1 is 1.12 bits per heavy atom. The lowest BCUT2D eigenvalue weighted by Gasteiger charge is -2.13. The third kappa shape index (κ3) is 5.49. The molecule has 0 bridgehead atoms. The SMILES string of the molecule is CC(=O)Nc1ccc(NC(=O)COc2ccc(C(C)C)c(C)c2)cc1Cl. The van der Waals surface area contributed by atoms with Gasteiger partial charge in [-0.05, 0) is 54.3 Å². The fraction of sp³-hybridized carbons (Fsp3) is 0.300. The number of amides is 2. The van der Waals surface area contributed by atoms with E-state index in [1.807, 2.05) is 25.1 Å². The van der Waals surface area contributed by atoms with Crippen molar-refractivity contribution in [3.05, 3.63) is 52.5 Å². The average Bonchev–Trinajstić information content (AvgIpc) is 2.55. The van der Waals surface area contributed by atoms with Gasteiger partial charge in [-0.25, -0.2) is 0 Å². The van der Waals surface area contributed by atoms with Gasteiger partial charge in [-0.2, -0.15) is 0 Å². The van der Waals surface area contributed by atoms with Gasteiger partial charge in [0.2, 0.25) is 5.91 Å². The van der Waals surface area contributed by atoms with Gasteiger partial charge in [0.25, 0.3) is 5.91 Å². The van der Waals surface area contributed by atoms with E-state index >= 15 is 0 Å². The van der Waals surface area contributed by atoms with Gasteiger partial charge in [0.05, 0.1) is 10.7 Å². The van der Waals surface area contributed by atoms with Crippen LogP contribution in [0, 0.1) is 6.92 Å². The summed E-state index contributed by atoms with van der Waals surface area (Å²) in [5, 5.41) is 5.67. The Balaban J connectivity index is 1.94. The van der Waals surface area contributed by atoms with Crippen LogP contribution >= 0.6 is 11.6 Å². The largest absolute Gasteiger partial charge is 0.484 e. The van der Waals surface area contributed by atoms with E-state index in [9.17, 15) is 9.59 Å². The highest BCUT2D eigenvalue weighted by atomic mass is 35.5. The van der Waals surface area contributed by atoms with Crippen LogP contribution in [-0.4, -0.2) is 18.4 Å². The molecule has 0 aliphatic carbocycles. The minimum Gasteiger partial charge on any atom is -0.484 e. The molecule has 26 heavy (non-hydrogen) atoms. The highest BCUT2D eigenvalue weighted by Gasteiger charge is 2.09.